The third-order valence-electron chi connectivity index (χ3n) is 4.93. The van der Waals surface area contributed by atoms with Crippen LogP contribution in [0.2, 0.25) is 0 Å². The van der Waals surface area contributed by atoms with Crippen molar-refractivity contribution in [2.24, 2.45) is 0 Å². The molecule has 0 spiro atoms. The molecule has 0 aliphatic carbocycles. The summed E-state index contributed by atoms with van der Waals surface area (Å²) in [4.78, 5) is 28.9. The van der Waals surface area contributed by atoms with Crippen LogP contribution in [0.15, 0.2) is 30.3 Å². The van der Waals surface area contributed by atoms with Gasteiger partial charge in [0.15, 0.2) is 0 Å². The summed E-state index contributed by atoms with van der Waals surface area (Å²) in [5, 5.41) is 2.96. The average Bonchev–Trinajstić information content (AvgIpc) is 2.67. The molecule has 2 rings (SSSR count). The minimum Gasteiger partial charge on any atom is -0.345 e. The van der Waals surface area contributed by atoms with Crippen LogP contribution in [-0.2, 0) is 16.1 Å². The number of hydrogen-bond donors (Lipinski definition) is 1. The Morgan fingerprint density at radius 3 is 2.38 bits per heavy atom. The van der Waals surface area contributed by atoms with E-state index in [9.17, 15) is 9.59 Å². The fourth-order valence-corrected chi connectivity index (χ4v) is 3.40. The fourth-order valence-electron chi connectivity index (χ4n) is 3.40. The average molecular weight is 360 g/mol. The molecular weight excluding hydrogens is 326 g/mol. The van der Waals surface area contributed by atoms with Gasteiger partial charge in [0.25, 0.3) is 0 Å². The lowest BCUT2D eigenvalue weighted by Crippen LogP contribution is -2.50. The lowest BCUT2D eigenvalue weighted by molar-refractivity contribution is -0.146. The van der Waals surface area contributed by atoms with E-state index in [4.69, 9.17) is 0 Å². The molecule has 1 aromatic carbocycles. The summed E-state index contributed by atoms with van der Waals surface area (Å²) in [5.74, 6) is -0.803. The van der Waals surface area contributed by atoms with Crippen molar-refractivity contribution >= 4 is 11.8 Å². The highest BCUT2D eigenvalue weighted by Crippen LogP contribution is 2.14. The number of benzene rings is 1. The van der Waals surface area contributed by atoms with Crippen LogP contribution in [0.5, 0.6) is 0 Å². The van der Waals surface area contributed by atoms with Gasteiger partial charge in [0.2, 0.25) is 0 Å². The molecule has 0 unspecified atom stereocenters. The Labute approximate surface area is 157 Å². The fraction of sp³-hybridized carbons (Fsp3) is 0.619. The van der Waals surface area contributed by atoms with Crippen molar-refractivity contribution in [3.8, 4) is 0 Å². The standard InChI is InChI=1S/C21H33N3O2/c1-3-5-14-24(13-4-2)21(26)20(25)22-19-11-15-23(16-12-19)17-18-9-7-6-8-10-18/h6-10,19H,3-5,11-17H2,1-2H3,(H,22,25). The summed E-state index contributed by atoms with van der Waals surface area (Å²) in [6, 6.07) is 10.6. The SMILES string of the molecule is CCCCN(CCC)C(=O)C(=O)NC1CCN(Cc2ccccc2)CC1. The third kappa shape index (κ3) is 6.45. The van der Waals surface area contributed by atoms with Gasteiger partial charge in [0.1, 0.15) is 0 Å². The number of rotatable bonds is 8. The highest BCUT2D eigenvalue weighted by molar-refractivity contribution is 6.35. The zero-order valence-electron chi connectivity index (χ0n) is 16.2. The molecule has 5 heteroatoms. The van der Waals surface area contributed by atoms with Crippen molar-refractivity contribution < 1.29 is 9.59 Å². The first-order chi connectivity index (χ1) is 12.6. The lowest BCUT2D eigenvalue weighted by Gasteiger charge is -2.32. The number of carbonyl (C=O) groups excluding carboxylic acids is 2. The second-order valence-electron chi connectivity index (χ2n) is 7.16. The Morgan fingerprint density at radius 2 is 1.77 bits per heavy atom. The number of piperidine rings is 1. The molecule has 1 aliphatic heterocycles. The zero-order chi connectivity index (χ0) is 18.8. The van der Waals surface area contributed by atoms with Gasteiger partial charge < -0.3 is 10.2 Å². The Kier molecular flexibility index (Phi) is 8.62. The van der Waals surface area contributed by atoms with Crippen molar-refractivity contribution in [1.29, 1.82) is 0 Å². The van der Waals surface area contributed by atoms with Gasteiger partial charge in [-0.25, -0.2) is 0 Å². The maximum absolute atomic E-state index is 12.4. The summed E-state index contributed by atoms with van der Waals surface area (Å²) in [7, 11) is 0. The van der Waals surface area contributed by atoms with Crippen molar-refractivity contribution in [2.75, 3.05) is 26.2 Å². The summed E-state index contributed by atoms with van der Waals surface area (Å²) in [6.07, 6.45) is 4.63. The molecule has 5 nitrogen and oxygen atoms in total. The van der Waals surface area contributed by atoms with Gasteiger partial charge in [-0.05, 0) is 31.2 Å². The maximum Gasteiger partial charge on any atom is 0.311 e. The summed E-state index contributed by atoms with van der Waals surface area (Å²) < 4.78 is 0. The van der Waals surface area contributed by atoms with Gasteiger partial charge in [-0.2, -0.15) is 0 Å². The molecule has 0 bridgehead atoms. The largest absolute Gasteiger partial charge is 0.345 e. The first-order valence-electron chi connectivity index (χ1n) is 10.00. The third-order valence-corrected chi connectivity index (χ3v) is 4.93. The Bertz CT molecular complexity index is 554. The van der Waals surface area contributed by atoms with Crippen LogP contribution in [0.25, 0.3) is 0 Å². The van der Waals surface area contributed by atoms with Crippen molar-refractivity contribution in [3.63, 3.8) is 0 Å². The Morgan fingerprint density at radius 1 is 1.08 bits per heavy atom. The van der Waals surface area contributed by atoms with Crippen LogP contribution in [0.1, 0.15) is 51.5 Å². The van der Waals surface area contributed by atoms with E-state index < -0.39 is 5.91 Å². The summed E-state index contributed by atoms with van der Waals surface area (Å²) in [6.45, 7) is 8.30. The number of amides is 2. The van der Waals surface area contributed by atoms with Gasteiger partial charge in [0, 0.05) is 38.8 Å². The zero-order valence-corrected chi connectivity index (χ0v) is 16.2. The minimum atomic E-state index is -0.434. The molecule has 1 aliphatic rings. The molecule has 1 N–H and O–H groups in total. The van der Waals surface area contributed by atoms with E-state index in [0.29, 0.717) is 13.1 Å². The topological polar surface area (TPSA) is 52.7 Å². The van der Waals surface area contributed by atoms with E-state index in [2.05, 4.69) is 41.4 Å². The molecule has 0 aromatic heterocycles. The highest BCUT2D eigenvalue weighted by atomic mass is 16.2. The van der Waals surface area contributed by atoms with Crippen molar-refractivity contribution in [3.05, 3.63) is 35.9 Å². The number of unbranched alkanes of at least 4 members (excludes halogenated alkanes) is 1. The number of nitrogens with zero attached hydrogens (tertiary/aromatic N) is 2. The van der Waals surface area contributed by atoms with Crippen LogP contribution >= 0.6 is 0 Å². The molecule has 2 amide bonds. The second-order valence-corrected chi connectivity index (χ2v) is 7.16. The monoisotopic (exact) mass is 359 g/mol. The molecule has 1 heterocycles. The van der Waals surface area contributed by atoms with E-state index in [-0.39, 0.29) is 11.9 Å². The number of nitrogens with one attached hydrogen (secondary N) is 1. The first kappa shape index (κ1) is 20.4. The molecule has 0 radical (unpaired) electrons. The van der Waals surface area contributed by atoms with E-state index in [1.54, 1.807) is 4.90 Å². The molecule has 0 saturated carbocycles. The lowest BCUT2D eigenvalue weighted by atomic mass is 10.0. The smallest absolute Gasteiger partial charge is 0.311 e. The maximum atomic E-state index is 12.4. The minimum absolute atomic E-state index is 0.105. The predicted octanol–water partition coefficient (Wildman–Crippen LogP) is 2.81. The Balaban J connectivity index is 1.76. The number of carbonyl (C=O) groups is 2. The predicted molar refractivity (Wildman–Crippen MR) is 105 cm³/mol. The van der Waals surface area contributed by atoms with Gasteiger partial charge in [-0.3, -0.25) is 14.5 Å². The van der Waals surface area contributed by atoms with E-state index >= 15 is 0 Å². The van der Waals surface area contributed by atoms with Crippen LogP contribution < -0.4 is 5.32 Å². The van der Waals surface area contributed by atoms with Gasteiger partial charge in [-0.15, -0.1) is 0 Å². The van der Waals surface area contributed by atoms with Crippen molar-refractivity contribution in [1.82, 2.24) is 15.1 Å². The highest BCUT2D eigenvalue weighted by Gasteiger charge is 2.26. The molecule has 1 saturated heterocycles. The second kappa shape index (κ2) is 11.0. The quantitative estimate of drug-likeness (QED) is 0.726. The summed E-state index contributed by atoms with van der Waals surface area (Å²) in [5.41, 5.74) is 1.32. The Hall–Kier alpha value is -1.88. The van der Waals surface area contributed by atoms with Gasteiger partial charge in [0.05, 0.1) is 0 Å². The molecule has 144 valence electrons. The van der Waals surface area contributed by atoms with Gasteiger partial charge >= 0.3 is 11.8 Å². The molecule has 1 aromatic rings. The molecular formula is C21H33N3O2. The van der Waals surface area contributed by atoms with Crippen molar-refractivity contribution in [2.45, 2.75) is 58.5 Å². The molecule has 1 fully saturated rings. The van der Waals surface area contributed by atoms with Gasteiger partial charge in [-0.1, -0.05) is 50.6 Å². The van der Waals surface area contributed by atoms with Crippen LogP contribution in [-0.4, -0.2) is 53.8 Å². The van der Waals surface area contributed by atoms with Crippen LogP contribution in [0.3, 0.4) is 0 Å². The number of hydrogen-bond acceptors (Lipinski definition) is 3. The van der Waals surface area contributed by atoms with Crippen LogP contribution in [0, 0.1) is 0 Å². The van der Waals surface area contributed by atoms with Crippen LogP contribution in [0.4, 0.5) is 0 Å². The molecule has 26 heavy (non-hydrogen) atoms. The van der Waals surface area contributed by atoms with E-state index in [0.717, 1.165) is 51.7 Å². The van der Waals surface area contributed by atoms with E-state index in [1.807, 2.05) is 13.0 Å². The number of likely N-dealkylation sites (tertiary alicyclic amines) is 1. The first-order valence-corrected chi connectivity index (χ1v) is 10.00. The molecule has 0 atom stereocenters. The normalized spacial score (nSPS) is 15.6. The van der Waals surface area contributed by atoms with E-state index in [1.165, 1.54) is 5.56 Å². The summed E-state index contributed by atoms with van der Waals surface area (Å²) >= 11 is 0.